The summed E-state index contributed by atoms with van der Waals surface area (Å²) in [6.07, 6.45) is 0.532. The maximum Gasteiger partial charge on any atom is 0.306 e. The van der Waals surface area contributed by atoms with Crippen LogP contribution in [0.3, 0.4) is 0 Å². The first-order valence-corrected chi connectivity index (χ1v) is 11.2. The summed E-state index contributed by atoms with van der Waals surface area (Å²) < 4.78 is 11.3. The van der Waals surface area contributed by atoms with E-state index in [9.17, 15) is 19.2 Å². The Balaban J connectivity index is 2.60. The number of ether oxygens (including phenoxy) is 2. The van der Waals surface area contributed by atoms with Crippen molar-refractivity contribution in [1.29, 1.82) is 0 Å². The highest BCUT2D eigenvalue weighted by Gasteiger charge is 2.26. The lowest BCUT2D eigenvalue weighted by Crippen LogP contribution is -2.43. The smallest absolute Gasteiger partial charge is 0.306 e. The summed E-state index contributed by atoms with van der Waals surface area (Å²) in [6.45, 7) is 9.23. The second-order valence-electron chi connectivity index (χ2n) is 8.63. The molecule has 32 heavy (non-hydrogen) atoms. The highest BCUT2D eigenvalue weighted by Crippen LogP contribution is 2.16. The summed E-state index contributed by atoms with van der Waals surface area (Å²) in [4.78, 5) is 50.9. The first-order valence-electron chi connectivity index (χ1n) is 11.2. The van der Waals surface area contributed by atoms with Crippen LogP contribution in [0.2, 0.25) is 0 Å². The fraction of sp³-hybridized carbons (Fsp3) is 0.818. The van der Waals surface area contributed by atoms with Crippen molar-refractivity contribution >= 4 is 23.8 Å². The van der Waals surface area contributed by atoms with Crippen LogP contribution in [0, 0.1) is 23.7 Å². The average molecular weight is 459 g/mol. The Hall–Kier alpha value is -2.20. The number of hydrogen-bond acceptors (Lipinski definition) is 6. The minimum atomic E-state index is -0.921. The third-order valence-corrected chi connectivity index (χ3v) is 5.75. The lowest BCUT2D eigenvalue weighted by atomic mass is 9.96. The van der Waals surface area contributed by atoms with Gasteiger partial charge in [-0.3, -0.25) is 19.2 Å². The number of amides is 2. The molecule has 1 aliphatic rings. The molecule has 10 heteroatoms. The lowest BCUT2D eigenvalue weighted by Gasteiger charge is -2.29. The average Bonchev–Trinajstić information content (AvgIpc) is 2.72. The number of hydrogen-bond donors (Lipinski definition) is 2. The molecule has 4 atom stereocenters. The Kier molecular flexibility index (Phi) is 12.2. The number of carboxylic acids is 2. The number of rotatable bonds is 8. The molecule has 1 rings (SSSR count). The van der Waals surface area contributed by atoms with Crippen molar-refractivity contribution in [1.82, 2.24) is 9.80 Å². The molecule has 0 spiro atoms. The van der Waals surface area contributed by atoms with Crippen LogP contribution >= 0.6 is 0 Å². The van der Waals surface area contributed by atoms with Crippen molar-refractivity contribution in [3.63, 3.8) is 0 Å². The number of carbonyl (C=O) groups is 4. The molecule has 0 unspecified atom stereocenters. The fourth-order valence-electron chi connectivity index (χ4n) is 3.65. The monoisotopic (exact) mass is 458 g/mol. The molecular weight excluding hydrogens is 420 g/mol. The molecule has 1 saturated heterocycles. The van der Waals surface area contributed by atoms with E-state index in [0.29, 0.717) is 52.6 Å². The first kappa shape index (κ1) is 27.8. The van der Waals surface area contributed by atoms with Crippen LogP contribution in [0.5, 0.6) is 0 Å². The van der Waals surface area contributed by atoms with Crippen LogP contribution in [0.4, 0.5) is 0 Å². The normalized spacial score (nSPS) is 20.2. The molecule has 0 aromatic carbocycles. The van der Waals surface area contributed by atoms with E-state index in [1.165, 1.54) is 0 Å². The second-order valence-corrected chi connectivity index (χ2v) is 8.63. The number of aliphatic carboxylic acids is 2. The van der Waals surface area contributed by atoms with E-state index in [0.717, 1.165) is 0 Å². The highest BCUT2D eigenvalue weighted by molar-refractivity contribution is 5.80. The topological polar surface area (TPSA) is 134 Å². The number of carbonyl (C=O) groups excluding carboxylic acids is 2. The molecule has 1 fully saturated rings. The Morgan fingerprint density at radius 3 is 1.16 bits per heavy atom. The van der Waals surface area contributed by atoms with Crippen LogP contribution in [-0.4, -0.2) is 96.4 Å². The van der Waals surface area contributed by atoms with Crippen molar-refractivity contribution in [2.75, 3.05) is 52.6 Å². The first-order chi connectivity index (χ1) is 15.0. The summed E-state index contributed by atoms with van der Waals surface area (Å²) in [5.74, 6) is -4.13. The van der Waals surface area contributed by atoms with E-state index in [2.05, 4.69) is 0 Å². The van der Waals surface area contributed by atoms with Gasteiger partial charge in [0.25, 0.3) is 0 Å². The van der Waals surface area contributed by atoms with Gasteiger partial charge in [0.2, 0.25) is 11.8 Å². The zero-order valence-electron chi connectivity index (χ0n) is 19.6. The van der Waals surface area contributed by atoms with Gasteiger partial charge >= 0.3 is 11.9 Å². The lowest BCUT2D eigenvalue weighted by molar-refractivity contribution is -0.144. The van der Waals surface area contributed by atoms with E-state index < -0.39 is 35.6 Å². The van der Waals surface area contributed by atoms with Crippen LogP contribution in [-0.2, 0) is 28.7 Å². The molecule has 2 N–H and O–H groups in total. The third kappa shape index (κ3) is 9.52. The van der Waals surface area contributed by atoms with Gasteiger partial charge in [0.1, 0.15) is 0 Å². The fourth-order valence-corrected chi connectivity index (χ4v) is 3.65. The van der Waals surface area contributed by atoms with Gasteiger partial charge in [-0.2, -0.15) is 0 Å². The van der Waals surface area contributed by atoms with Crippen molar-refractivity contribution in [2.24, 2.45) is 23.7 Å². The van der Waals surface area contributed by atoms with E-state index in [-0.39, 0.29) is 24.7 Å². The SMILES string of the molecule is C[C@H](C[C@@H](C)C(=O)N1CCOCCN(C(=O)[C@@H](C)C[C@@H](C)C(=O)O)CCOCC1)C(=O)O. The van der Waals surface area contributed by atoms with Crippen LogP contribution < -0.4 is 0 Å². The van der Waals surface area contributed by atoms with Crippen molar-refractivity contribution in [3.8, 4) is 0 Å². The minimum absolute atomic E-state index is 0.125. The van der Waals surface area contributed by atoms with Gasteiger partial charge in [0.05, 0.1) is 38.3 Å². The molecule has 1 heterocycles. The quantitative estimate of drug-likeness (QED) is 0.554. The van der Waals surface area contributed by atoms with E-state index in [1.54, 1.807) is 37.5 Å². The largest absolute Gasteiger partial charge is 0.481 e. The van der Waals surface area contributed by atoms with Gasteiger partial charge in [-0.1, -0.05) is 27.7 Å². The molecule has 1 aliphatic heterocycles. The molecule has 0 aliphatic carbocycles. The zero-order chi connectivity index (χ0) is 24.3. The van der Waals surface area contributed by atoms with Crippen molar-refractivity contribution in [3.05, 3.63) is 0 Å². The molecule has 0 radical (unpaired) electrons. The predicted molar refractivity (Wildman–Crippen MR) is 116 cm³/mol. The molecule has 2 amide bonds. The molecule has 0 saturated carbocycles. The Bertz CT molecular complexity index is 575. The summed E-state index contributed by atoms with van der Waals surface area (Å²) in [5.41, 5.74) is 0. The standard InChI is InChI=1S/C22H38N2O8/c1-15(13-17(3)21(27)28)19(25)23-5-9-31-11-7-24(8-12-32-10-6-23)20(26)16(2)14-18(4)22(29)30/h15-18H,5-14H2,1-4H3,(H,27,28)(H,29,30)/t15-,16+,17-,18-/m1/s1. The van der Waals surface area contributed by atoms with E-state index >= 15 is 0 Å². The van der Waals surface area contributed by atoms with E-state index in [4.69, 9.17) is 19.7 Å². The summed E-state index contributed by atoms with van der Waals surface area (Å²) in [7, 11) is 0. The van der Waals surface area contributed by atoms with Gasteiger partial charge in [0, 0.05) is 38.0 Å². The zero-order valence-corrected chi connectivity index (χ0v) is 19.6. The predicted octanol–water partition coefficient (Wildman–Crippen LogP) is 1.18. The van der Waals surface area contributed by atoms with Gasteiger partial charge in [-0.15, -0.1) is 0 Å². The summed E-state index contributed by atoms with van der Waals surface area (Å²) in [6, 6.07) is 0. The van der Waals surface area contributed by atoms with Gasteiger partial charge in [0.15, 0.2) is 0 Å². The Labute approximate surface area is 189 Å². The van der Waals surface area contributed by atoms with Crippen molar-refractivity contribution in [2.45, 2.75) is 40.5 Å². The maximum atomic E-state index is 12.8. The number of nitrogens with zero attached hydrogens (tertiary/aromatic N) is 2. The van der Waals surface area contributed by atoms with Crippen LogP contribution in [0.15, 0.2) is 0 Å². The van der Waals surface area contributed by atoms with Crippen molar-refractivity contribution < 1.29 is 38.9 Å². The number of carboxylic acid groups (broad SMARTS) is 2. The minimum Gasteiger partial charge on any atom is -0.481 e. The third-order valence-electron chi connectivity index (χ3n) is 5.75. The Morgan fingerprint density at radius 2 is 0.906 bits per heavy atom. The van der Waals surface area contributed by atoms with Gasteiger partial charge < -0.3 is 29.5 Å². The van der Waals surface area contributed by atoms with Gasteiger partial charge in [-0.25, -0.2) is 0 Å². The van der Waals surface area contributed by atoms with Gasteiger partial charge in [-0.05, 0) is 12.8 Å². The molecule has 10 nitrogen and oxygen atoms in total. The van der Waals surface area contributed by atoms with E-state index in [1.807, 2.05) is 0 Å². The maximum absolute atomic E-state index is 12.8. The highest BCUT2D eigenvalue weighted by atomic mass is 16.5. The molecule has 0 bridgehead atoms. The van der Waals surface area contributed by atoms with Crippen LogP contribution in [0.1, 0.15) is 40.5 Å². The Morgan fingerprint density at radius 1 is 0.625 bits per heavy atom. The molecule has 0 aromatic heterocycles. The summed E-state index contributed by atoms with van der Waals surface area (Å²) >= 11 is 0. The molecule has 184 valence electrons. The molecule has 0 aromatic rings. The summed E-state index contributed by atoms with van der Waals surface area (Å²) in [5, 5.41) is 18.1. The molecular formula is C22H38N2O8. The second kappa shape index (κ2) is 14.1. The van der Waals surface area contributed by atoms with Crippen LogP contribution in [0.25, 0.3) is 0 Å².